The van der Waals surface area contributed by atoms with E-state index < -0.39 is 15.9 Å². The summed E-state index contributed by atoms with van der Waals surface area (Å²) in [5, 5.41) is 2.77. The lowest BCUT2D eigenvalue weighted by Crippen LogP contribution is -2.25. The Morgan fingerprint density at radius 2 is 1.79 bits per heavy atom. The zero-order chi connectivity index (χ0) is 17.9. The minimum Gasteiger partial charge on any atom is -0.348 e. The minimum absolute atomic E-state index is 0.0242. The first-order chi connectivity index (χ1) is 11.2. The first-order valence-corrected chi connectivity index (χ1v) is 8.78. The lowest BCUT2D eigenvalue weighted by molar-refractivity contribution is 0.0951. The van der Waals surface area contributed by atoms with Crippen LogP contribution >= 0.6 is 11.6 Å². The number of halogens is 2. The van der Waals surface area contributed by atoms with Crippen molar-refractivity contribution in [2.45, 2.75) is 11.4 Å². The van der Waals surface area contributed by atoms with Crippen molar-refractivity contribution >= 4 is 27.5 Å². The van der Waals surface area contributed by atoms with E-state index in [1.807, 2.05) is 0 Å². The number of hydrogen-bond donors (Lipinski definition) is 1. The molecular formula is C16H16ClFN2O3S. The quantitative estimate of drug-likeness (QED) is 0.879. The van der Waals surface area contributed by atoms with Crippen LogP contribution in [0.1, 0.15) is 15.9 Å². The molecule has 1 amide bonds. The Bertz CT molecular complexity index is 852. The van der Waals surface area contributed by atoms with E-state index in [0.29, 0.717) is 5.56 Å². The lowest BCUT2D eigenvalue weighted by Gasteiger charge is -2.13. The molecule has 2 aromatic rings. The van der Waals surface area contributed by atoms with Gasteiger partial charge in [0.1, 0.15) is 5.82 Å². The summed E-state index contributed by atoms with van der Waals surface area (Å²) in [5.74, 6) is -0.880. The topological polar surface area (TPSA) is 66.5 Å². The fourth-order valence-electron chi connectivity index (χ4n) is 1.93. The molecule has 0 atom stereocenters. The van der Waals surface area contributed by atoms with Gasteiger partial charge in [0.15, 0.2) is 0 Å². The zero-order valence-corrected chi connectivity index (χ0v) is 14.7. The molecule has 24 heavy (non-hydrogen) atoms. The molecule has 128 valence electrons. The molecule has 0 aliphatic rings. The Morgan fingerprint density at radius 1 is 1.17 bits per heavy atom. The molecule has 0 saturated heterocycles. The number of sulfonamides is 1. The highest BCUT2D eigenvalue weighted by Gasteiger charge is 2.20. The van der Waals surface area contributed by atoms with Crippen LogP contribution < -0.4 is 5.32 Å². The SMILES string of the molecule is CN(C)S(=O)(=O)c1ccc(Cl)c(C(=O)NCc2ccc(F)cc2)c1. The third-order valence-corrected chi connectivity index (χ3v) is 5.47. The van der Waals surface area contributed by atoms with Gasteiger partial charge in [-0.25, -0.2) is 17.1 Å². The van der Waals surface area contributed by atoms with E-state index in [-0.39, 0.29) is 27.8 Å². The summed E-state index contributed by atoms with van der Waals surface area (Å²) >= 11 is 6.00. The van der Waals surface area contributed by atoms with E-state index in [1.165, 1.54) is 44.4 Å². The number of amides is 1. The molecule has 0 unspecified atom stereocenters. The molecule has 0 aromatic heterocycles. The van der Waals surface area contributed by atoms with E-state index in [9.17, 15) is 17.6 Å². The van der Waals surface area contributed by atoms with Gasteiger partial charge in [0, 0.05) is 20.6 Å². The second-order valence-electron chi connectivity index (χ2n) is 5.24. The van der Waals surface area contributed by atoms with Gasteiger partial charge >= 0.3 is 0 Å². The number of benzene rings is 2. The average molecular weight is 371 g/mol. The summed E-state index contributed by atoms with van der Waals surface area (Å²) in [4.78, 5) is 12.3. The van der Waals surface area contributed by atoms with E-state index >= 15 is 0 Å². The number of carbonyl (C=O) groups is 1. The molecule has 0 heterocycles. The fraction of sp³-hybridized carbons (Fsp3) is 0.188. The van der Waals surface area contributed by atoms with Gasteiger partial charge < -0.3 is 5.32 Å². The first-order valence-electron chi connectivity index (χ1n) is 6.96. The molecule has 0 saturated carbocycles. The maximum atomic E-state index is 12.9. The molecule has 8 heteroatoms. The predicted molar refractivity (Wildman–Crippen MR) is 89.9 cm³/mol. The highest BCUT2D eigenvalue weighted by molar-refractivity contribution is 7.89. The smallest absolute Gasteiger partial charge is 0.253 e. The summed E-state index contributed by atoms with van der Waals surface area (Å²) in [6, 6.07) is 9.61. The Balaban J connectivity index is 2.21. The summed E-state index contributed by atoms with van der Waals surface area (Å²) < 4.78 is 38.2. The Morgan fingerprint density at radius 3 is 2.38 bits per heavy atom. The van der Waals surface area contributed by atoms with Gasteiger partial charge in [-0.3, -0.25) is 4.79 Å². The van der Waals surface area contributed by atoms with Crippen molar-refractivity contribution < 1.29 is 17.6 Å². The van der Waals surface area contributed by atoms with Crippen LogP contribution in [0, 0.1) is 5.82 Å². The van der Waals surface area contributed by atoms with E-state index in [0.717, 1.165) is 4.31 Å². The summed E-state index contributed by atoms with van der Waals surface area (Å²) in [6.07, 6.45) is 0. The molecule has 0 spiro atoms. The third-order valence-electron chi connectivity index (χ3n) is 3.33. The molecule has 0 bridgehead atoms. The number of hydrogen-bond acceptors (Lipinski definition) is 3. The van der Waals surface area contributed by atoms with E-state index in [1.54, 1.807) is 12.1 Å². The standard InChI is InChI=1S/C16H16ClFN2O3S/c1-20(2)24(22,23)13-7-8-15(17)14(9-13)16(21)19-10-11-3-5-12(18)6-4-11/h3-9H,10H2,1-2H3,(H,19,21). The summed E-state index contributed by atoms with van der Waals surface area (Å²) in [5.41, 5.74) is 0.764. The van der Waals surface area contributed by atoms with Crippen LogP contribution in [0.25, 0.3) is 0 Å². The van der Waals surface area contributed by atoms with E-state index in [2.05, 4.69) is 5.32 Å². The maximum absolute atomic E-state index is 12.9. The Hall–Kier alpha value is -1.96. The molecule has 0 aliphatic heterocycles. The van der Waals surface area contributed by atoms with Gasteiger partial charge in [-0.2, -0.15) is 0 Å². The molecule has 2 rings (SSSR count). The largest absolute Gasteiger partial charge is 0.348 e. The first kappa shape index (κ1) is 18.4. The van der Waals surface area contributed by atoms with Crippen LogP contribution in [0.4, 0.5) is 4.39 Å². The van der Waals surface area contributed by atoms with Crippen molar-refractivity contribution in [3.8, 4) is 0 Å². The Labute approximate surface area is 145 Å². The van der Waals surface area contributed by atoms with Crippen molar-refractivity contribution in [3.63, 3.8) is 0 Å². The van der Waals surface area contributed by atoms with Crippen LogP contribution in [0.2, 0.25) is 5.02 Å². The van der Waals surface area contributed by atoms with Gasteiger partial charge in [0.25, 0.3) is 5.91 Å². The van der Waals surface area contributed by atoms with Crippen molar-refractivity contribution in [1.82, 2.24) is 9.62 Å². The highest BCUT2D eigenvalue weighted by Crippen LogP contribution is 2.22. The molecule has 1 N–H and O–H groups in total. The second kappa shape index (κ2) is 7.29. The van der Waals surface area contributed by atoms with Crippen LogP contribution in [0.15, 0.2) is 47.4 Å². The van der Waals surface area contributed by atoms with E-state index in [4.69, 9.17) is 11.6 Å². The fourth-order valence-corrected chi connectivity index (χ4v) is 3.06. The van der Waals surface area contributed by atoms with Crippen molar-refractivity contribution in [1.29, 1.82) is 0 Å². The Kier molecular flexibility index (Phi) is 5.58. The molecule has 2 aromatic carbocycles. The lowest BCUT2D eigenvalue weighted by atomic mass is 10.2. The monoisotopic (exact) mass is 370 g/mol. The van der Waals surface area contributed by atoms with Gasteiger partial charge in [0.05, 0.1) is 15.5 Å². The zero-order valence-electron chi connectivity index (χ0n) is 13.1. The normalized spacial score (nSPS) is 11.5. The van der Waals surface area contributed by atoms with Crippen molar-refractivity contribution in [3.05, 3.63) is 64.4 Å². The van der Waals surface area contributed by atoms with Crippen LogP contribution in [-0.4, -0.2) is 32.7 Å². The second-order valence-corrected chi connectivity index (χ2v) is 7.80. The number of nitrogens with one attached hydrogen (secondary N) is 1. The van der Waals surface area contributed by atoms with Gasteiger partial charge in [-0.05, 0) is 35.9 Å². The van der Waals surface area contributed by atoms with Gasteiger partial charge in [-0.15, -0.1) is 0 Å². The summed E-state index contributed by atoms with van der Waals surface area (Å²) in [7, 11) is -0.867. The summed E-state index contributed by atoms with van der Waals surface area (Å²) in [6.45, 7) is 0.167. The van der Waals surface area contributed by atoms with Crippen molar-refractivity contribution in [2.75, 3.05) is 14.1 Å². The maximum Gasteiger partial charge on any atom is 0.253 e. The van der Waals surface area contributed by atoms with Gasteiger partial charge in [-0.1, -0.05) is 23.7 Å². The third kappa shape index (κ3) is 4.11. The van der Waals surface area contributed by atoms with Crippen LogP contribution in [-0.2, 0) is 16.6 Å². The molecule has 5 nitrogen and oxygen atoms in total. The van der Waals surface area contributed by atoms with Crippen LogP contribution in [0.3, 0.4) is 0 Å². The average Bonchev–Trinajstić information content (AvgIpc) is 2.54. The number of rotatable bonds is 5. The minimum atomic E-state index is -3.67. The predicted octanol–water partition coefficient (Wildman–Crippen LogP) is 2.66. The van der Waals surface area contributed by atoms with Crippen LogP contribution in [0.5, 0.6) is 0 Å². The molecule has 0 radical (unpaired) electrons. The van der Waals surface area contributed by atoms with Gasteiger partial charge in [0.2, 0.25) is 10.0 Å². The molecular weight excluding hydrogens is 355 g/mol. The highest BCUT2D eigenvalue weighted by atomic mass is 35.5. The van der Waals surface area contributed by atoms with Crippen molar-refractivity contribution in [2.24, 2.45) is 0 Å². The molecule has 0 aliphatic carbocycles. The molecule has 0 fully saturated rings. The number of nitrogens with zero attached hydrogens (tertiary/aromatic N) is 1. The number of carbonyl (C=O) groups excluding carboxylic acids is 1.